The summed E-state index contributed by atoms with van der Waals surface area (Å²) < 4.78 is 0. The van der Waals surface area contributed by atoms with Gasteiger partial charge in [-0.15, -0.1) is 0 Å². The van der Waals surface area contributed by atoms with E-state index in [2.05, 4.69) is 103 Å². The number of hydrogen-bond donors (Lipinski definition) is 2. The Hall–Kier alpha value is -2.58. The molecule has 3 rings (SSSR count). The molecule has 128 valence electrons. The molecule has 2 heteroatoms. The number of rotatable bonds is 6. The minimum absolute atomic E-state index is 0.145. The molecule has 0 amide bonds. The standard InChI is InChI=1S/C23H26N2/c1-17(2)25-22-15-8-7-14-21(22)23(24-3)20-13-9-12-19(16-20)18-10-5-4-6-11-18/h4-17,23-25H,1-3H3. The molecule has 0 spiro atoms. The number of para-hydroxylation sites is 1. The summed E-state index contributed by atoms with van der Waals surface area (Å²) in [5, 5.41) is 7.05. The molecule has 3 aromatic carbocycles. The Bertz CT molecular complexity index is 809. The first kappa shape index (κ1) is 17.2. The van der Waals surface area contributed by atoms with Crippen LogP contribution in [0.25, 0.3) is 11.1 Å². The lowest BCUT2D eigenvalue weighted by atomic mass is 9.94. The van der Waals surface area contributed by atoms with Gasteiger partial charge in [0.2, 0.25) is 0 Å². The van der Waals surface area contributed by atoms with Crippen molar-refractivity contribution in [1.29, 1.82) is 0 Å². The van der Waals surface area contributed by atoms with Crippen LogP contribution in [-0.2, 0) is 0 Å². The minimum atomic E-state index is 0.145. The second kappa shape index (κ2) is 8.00. The Kier molecular flexibility index (Phi) is 5.52. The Balaban J connectivity index is 2.00. The summed E-state index contributed by atoms with van der Waals surface area (Å²) in [6.45, 7) is 4.34. The maximum Gasteiger partial charge on any atom is 0.0594 e. The van der Waals surface area contributed by atoms with E-state index in [1.807, 2.05) is 7.05 Å². The van der Waals surface area contributed by atoms with Crippen molar-refractivity contribution in [2.75, 3.05) is 12.4 Å². The van der Waals surface area contributed by atoms with Crippen molar-refractivity contribution in [3.63, 3.8) is 0 Å². The van der Waals surface area contributed by atoms with Gasteiger partial charge in [0.05, 0.1) is 6.04 Å². The fourth-order valence-corrected chi connectivity index (χ4v) is 3.22. The molecule has 0 bridgehead atoms. The lowest BCUT2D eigenvalue weighted by Crippen LogP contribution is -2.20. The molecule has 0 heterocycles. The van der Waals surface area contributed by atoms with E-state index in [0.29, 0.717) is 6.04 Å². The third kappa shape index (κ3) is 4.09. The molecule has 3 aromatic rings. The molecule has 0 aromatic heterocycles. The molecule has 0 aliphatic carbocycles. The zero-order valence-electron chi connectivity index (χ0n) is 15.2. The van der Waals surface area contributed by atoms with Crippen molar-refractivity contribution in [2.45, 2.75) is 25.9 Å². The maximum absolute atomic E-state index is 3.56. The number of hydrogen-bond acceptors (Lipinski definition) is 2. The monoisotopic (exact) mass is 330 g/mol. The largest absolute Gasteiger partial charge is 0.383 e. The summed E-state index contributed by atoms with van der Waals surface area (Å²) in [5.74, 6) is 0. The lowest BCUT2D eigenvalue weighted by molar-refractivity contribution is 0.691. The average Bonchev–Trinajstić information content (AvgIpc) is 2.64. The van der Waals surface area contributed by atoms with Gasteiger partial charge in [-0.1, -0.05) is 66.7 Å². The van der Waals surface area contributed by atoms with Gasteiger partial charge < -0.3 is 10.6 Å². The normalized spacial score (nSPS) is 12.2. The first-order chi connectivity index (χ1) is 12.2. The highest BCUT2D eigenvalue weighted by atomic mass is 14.9. The molecule has 2 nitrogen and oxygen atoms in total. The highest BCUT2D eigenvalue weighted by Crippen LogP contribution is 2.31. The summed E-state index contributed by atoms with van der Waals surface area (Å²) >= 11 is 0. The van der Waals surface area contributed by atoms with Crippen LogP contribution in [0.4, 0.5) is 5.69 Å². The van der Waals surface area contributed by atoms with Crippen molar-refractivity contribution >= 4 is 5.69 Å². The maximum atomic E-state index is 3.56. The topological polar surface area (TPSA) is 24.1 Å². The summed E-state index contributed by atoms with van der Waals surface area (Å²) in [6, 6.07) is 28.4. The molecule has 1 unspecified atom stereocenters. The highest BCUT2D eigenvalue weighted by Gasteiger charge is 2.16. The van der Waals surface area contributed by atoms with Crippen LogP contribution in [-0.4, -0.2) is 13.1 Å². The third-order valence-electron chi connectivity index (χ3n) is 4.33. The predicted molar refractivity (Wildman–Crippen MR) is 108 cm³/mol. The molecule has 0 saturated heterocycles. The highest BCUT2D eigenvalue weighted by molar-refractivity contribution is 5.65. The molecule has 25 heavy (non-hydrogen) atoms. The molecule has 0 aliphatic heterocycles. The van der Waals surface area contributed by atoms with E-state index in [0.717, 1.165) is 0 Å². The number of anilines is 1. The Labute approximate surface area is 150 Å². The Morgan fingerprint density at radius 1 is 0.720 bits per heavy atom. The first-order valence-corrected chi connectivity index (χ1v) is 8.87. The zero-order chi connectivity index (χ0) is 17.6. The van der Waals surface area contributed by atoms with Gasteiger partial charge in [-0.3, -0.25) is 0 Å². The second-order valence-electron chi connectivity index (χ2n) is 6.60. The summed E-state index contributed by atoms with van der Waals surface area (Å²) in [5.41, 5.74) is 6.20. The van der Waals surface area contributed by atoms with Crippen LogP contribution >= 0.6 is 0 Å². The van der Waals surface area contributed by atoms with Crippen LogP contribution in [0.15, 0.2) is 78.9 Å². The molecule has 0 aliphatic rings. The van der Waals surface area contributed by atoms with Gasteiger partial charge in [0.25, 0.3) is 0 Å². The lowest BCUT2D eigenvalue weighted by Gasteiger charge is -2.23. The molecule has 2 N–H and O–H groups in total. The van der Waals surface area contributed by atoms with E-state index < -0.39 is 0 Å². The van der Waals surface area contributed by atoms with Crippen LogP contribution in [0.3, 0.4) is 0 Å². The van der Waals surface area contributed by atoms with E-state index in [9.17, 15) is 0 Å². The van der Waals surface area contributed by atoms with Crippen molar-refractivity contribution in [2.24, 2.45) is 0 Å². The molecular weight excluding hydrogens is 304 g/mol. The molecule has 1 atom stereocenters. The van der Waals surface area contributed by atoms with Crippen molar-refractivity contribution in [1.82, 2.24) is 5.32 Å². The smallest absolute Gasteiger partial charge is 0.0594 e. The summed E-state index contributed by atoms with van der Waals surface area (Å²) in [6.07, 6.45) is 0. The van der Waals surface area contributed by atoms with Crippen LogP contribution < -0.4 is 10.6 Å². The van der Waals surface area contributed by atoms with E-state index in [-0.39, 0.29) is 6.04 Å². The molecular formula is C23H26N2. The van der Waals surface area contributed by atoms with Crippen molar-refractivity contribution in [3.8, 4) is 11.1 Å². The second-order valence-corrected chi connectivity index (χ2v) is 6.60. The molecule has 0 radical (unpaired) electrons. The zero-order valence-corrected chi connectivity index (χ0v) is 15.2. The van der Waals surface area contributed by atoms with Gasteiger partial charge >= 0.3 is 0 Å². The van der Waals surface area contributed by atoms with Crippen molar-refractivity contribution < 1.29 is 0 Å². The van der Waals surface area contributed by atoms with Gasteiger partial charge in [0.15, 0.2) is 0 Å². The number of benzene rings is 3. The van der Waals surface area contributed by atoms with Crippen molar-refractivity contribution in [3.05, 3.63) is 90.0 Å². The molecule has 0 saturated carbocycles. The van der Waals surface area contributed by atoms with E-state index >= 15 is 0 Å². The van der Waals surface area contributed by atoms with E-state index in [1.54, 1.807) is 0 Å². The van der Waals surface area contributed by atoms with Gasteiger partial charge in [0.1, 0.15) is 0 Å². The van der Waals surface area contributed by atoms with Gasteiger partial charge in [-0.05, 0) is 55.3 Å². The summed E-state index contributed by atoms with van der Waals surface area (Å²) in [4.78, 5) is 0. The van der Waals surface area contributed by atoms with Gasteiger partial charge in [-0.2, -0.15) is 0 Å². The van der Waals surface area contributed by atoms with Crippen LogP contribution in [0.5, 0.6) is 0 Å². The average molecular weight is 330 g/mol. The van der Waals surface area contributed by atoms with E-state index in [4.69, 9.17) is 0 Å². The van der Waals surface area contributed by atoms with Crippen LogP contribution in [0.1, 0.15) is 31.0 Å². The van der Waals surface area contributed by atoms with Crippen LogP contribution in [0.2, 0.25) is 0 Å². The Morgan fingerprint density at radius 3 is 2.12 bits per heavy atom. The quantitative estimate of drug-likeness (QED) is 0.625. The summed E-state index contributed by atoms with van der Waals surface area (Å²) in [7, 11) is 2.02. The number of nitrogens with one attached hydrogen (secondary N) is 2. The fourth-order valence-electron chi connectivity index (χ4n) is 3.22. The fraction of sp³-hybridized carbons (Fsp3) is 0.217. The SMILES string of the molecule is CNC(c1cccc(-c2ccccc2)c1)c1ccccc1NC(C)C. The van der Waals surface area contributed by atoms with Gasteiger partial charge in [-0.25, -0.2) is 0 Å². The van der Waals surface area contributed by atoms with E-state index in [1.165, 1.54) is 27.9 Å². The Morgan fingerprint density at radius 2 is 1.40 bits per heavy atom. The third-order valence-corrected chi connectivity index (χ3v) is 4.33. The van der Waals surface area contributed by atoms with Gasteiger partial charge in [0, 0.05) is 11.7 Å². The van der Waals surface area contributed by atoms with Crippen LogP contribution in [0, 0.1) is 0 Å². The first-order valence-electron chi connectivity index (χ1n) is 8.87. The minimum Gasteiger partial charge on any atom is -0.383 e. The molecule has 0 fully saturated rings. The predicted octanol–water partition coefficient (Wildman–Crippen LogP) is 5.48.